The number of H-pyrrole nitrogens is 1. The molecule has 0 spiro atoms. The topological polar surface area (TPSA) is 78.8 Å². The van der Waals surface area contributed by atoms with E-state index >= 15 is 0 Å². The largest absolute Gasteiger partial charge is 0.338 e. The second-order valence-electron chi connectivity index (χ2n) is 7.03. The van der Waals surface area contributed by atoms with E-state index in [0.29, 0.717) is 17.8 Å². The molecule has 0 radical (unpaired) electrons. The first-order chi connectivity index (χ1) is 12.1. The van der Waals surface area contributed by atoms with Crippen LogP contribution < -0.4 is 5.43 Å². The van der Waals surface area contributed by atoms with E-state index in [1.54, 1.807) is 0 Å². The van der Waals surface area contributed by atoms with Crippen LogP contribution in [0.5, 0.6) is 0 Å². The summed E-state index contributed by atoms with van der Waals surface area (Å²) in [6, 6.07) is 6.20. The number of anilines is 1. The van der Waals surface area contributed by atoms with E-state index in [0.717, 1.165) is 34.9 Å². The third-order valence-corrected chi connectivity index (χ3v) is 4.91. The van der Waals surface area contributed by atoms with Crippen LogP contribution in [0, 0.1) is 18.8 Å². The molecule has 1 aliphatic carbocycles. The number of fused-ring (bicyclic) bond motifs is 3. The summed E-state index contributed by atoms with van der Waals surface area (Å²) in [6.07, 6.45) is 6.44. The van der Waals surface area contributed by atoms with E-state index in [-0.39, 0.29) is 0 Å². The van der Waals surface area contributed by atoms with Crippen LogP contribution in [0.4, 0.5) is 5.95 Å². The fourth-order valence-corrected chi connectivity index (χ4v) is 3.44. The minimum absolute atomic E-state index is 0.405. The second-order valence-corrected chi connectivity index (χ2v) is 7.03. The van der Waals surface area contributed by atoms with Gasteiger partial charge in [0.1, 0.15) is 5.52 Å². The van der Waals surface area contributed by atoms with Gasteiger partial charge in [-0.1, -0.05) is 30.2 Å². The summed E-state index contributed by atoms with van der Waals surface area (Å²) < 4.78 is 0. The number of aryl methyl sites for hydroxylation is 1. The SMILES string of the molecule is CC1=CCC(C=NNc2nnc3c(n2)[nH]c2ccc(C)cc23)C(C)C1. The summed E-state index contributed by atoms with van der Waals surface area (Å²) in [5.41, 5.74) is 8.10. The second kappa shape index (κ2) is 6.27. The predicted octanol–water partition coefficient (Wildman–Crippen LogP) is 4.20. The molecule has 1 aliphatic rings. The highest BCUT2D eigenvalue weighted by Crippen LogP contribution is 2.28. The summed E-state index contributed by atoms with van der Waals surface area (Å²) in [6.45, 7) is 6.52. The van der Waals surface area contributed by atoms with Crippen LogP contribution in [0.15, 0.2) is 34.9 Å². The van der Waals surface area contributed by atoms with Gasteiger partial charge in [0, 0.05) is 23.0 Å². The Labute approximate surface area is 146 Å². The highest BCUT2D eigenvalue weighted by atomic mass is 15.4. The molecule has 0 amide bonds. The molecule has 2 heterocycles. The summed E-state index contributed by atoms with van der Waals surface area (Å²) in [5.74, 6) is 1.46. The smallest absolute Gasteiger partial charge is 0.265 e. The molecule has 1 aromatic carbocycles. The molecule has 0 fully saturated rings. The molecule has 2 N–H and O–H groups in total. The highest BCUT2D eigenvalue weighted by Gasteiger charge is 2.18. The van der Waals surface area contributed by atoms with Crippen molar-refractivity contribution in [3.05, 3.63) is 35.4 Å². The van der Waals surface area contributed by atoms with Crippen molar-refractivity contribution >= 4 is 34.2 Å². The number of aromatic nitrogens is 4. The van der Waals surface area contributed by atoms with Crippen molar-refractivity contribution in [2.45, 2.75) is 33.6 Å². The third-order valence-electron chi connectivity index (χ3n) is 4.91. The number of hydrogen-bond donors (Lipinski definition) is 2. The molecule has 25 heavy (non-hydrogen) atoms. The molecule has 0 aliphatic heterocycles. The molecular weight excluding hydrogens is 312 g/mol. The molecule has 3 aromatic rings. The maximum atomic E-state index is 4.49. The number of hydrazone groups is 1. The molecule has 2 aromatic heterocycles. The Balaban J connectivity index is 1.54. The first-order valence-electron chi connectivity index (χ1n) is 8.68. The Kier molecular flexibility index (Phi) is 3.95. The number of hydrogen-bond acceptors (Lipinski definition) is 5. The molecule has 4 rings (SSSR count). The van der Waals surface area contributed by atoms with Crippen molar-refractivity contribution in [3.8, 4) is 0 Å². The van der Waals surface area contributed by atoms with Gasteiger partial charge in [-0.05, 0) is 44.7 Å². The molecule has 2 atom stereocenters. The van der Waals surface area contributed by atoms with E-state index in [9.17, 15) is 0 Å². The quantitative estimate of drug-likeness (QED) is 0.427. The normalized spacial score (nSPS) is 21.2. The first-order valence-corrected chi connectivity index (χ1v) is 8.68. The van der Waals surface area contributed by atoms with E-state index < -0.39 is 0 Å². The summed E-state index contributed by atoms with van der Waals surface area (Å²) in [5, 5.41) is 13.8. The Morgan fingerprint density at radius 1 is 1.28 bits per heavy atom. The van der Waals surface area contributed by atoms with Crippen LogP contribution in [0.2, 0.25) is 0 Å². The Hall–Kier alpha value is -2.76. The van der Waals surface area contributed by atoms with Gasteiger partial charge < -0.3 is 4.98 Å². The summed E-state index contributed by atoms with van der Waals surface area (Å²) in [7, 11) is 0. The van der Waals surface area contributed by atoms with Gasteiger partial charge in [-0.25, -0.2) is 5.43 Å². The maximum absolute atomic E-state index is 4.49. The number of nitrogens with zero attached hydrogens (tertiary/aromatic N) is 4. The lowest BCUT2D eigenvalue weighted by Crippen LogP contribution is -2.17. The van der Waals surface area contributed by atoms with Crippen molar-refractivity contribution < 1.29 is 0 Å². The zero-order valence-electron chi connectivity index (χ0n) is 14.7. The van der Waals surface area contributed by atoms with Gasteiger partial charge >= 0.3 is 0 Å². The maximum Gasteiger partial charge on any atom is 0.265 e. The fraction of sp³-hybridized carbons (Fsp3) is 0.368. The standard InChI is InChI=1S/C19H22N6/c1-11-4-6-14(13(3)8-11)10-20-24-19-22-18-17(23-25-19)15-9-12(2)5-7-16(15)21-18/h4-5,7,9-10,13-14H,6,8H2,1-3H3,(H2,21,22,24,25). The van der Waals surface area contributed by atoms with Gasteiger partial charge in [-0.2, -0.15) is 10.1 Å². The van der Waals surface area contributed by atoms with E-state index in [1.165, 1.54) is 11.1 Å². The van der Waals surface area contributed by atoms with E-state index in [2.05, 4.69) is 69.7 Å². The highest BCUT2D eigenvalue weighted by molar-refractivity contribution is 6.03. The zero-order chi connectivity index (χ0) is 17.4. The van der Waals surface area contributed by atoms with Crippen LogP contribution in [-0.2, 0) is 0 Å². The molecule has 6 heteroatoms. The van der Waals surface area contributed by atoms with Crippen molar-refractivity contribution in [2.75, 3.05) is 5.43 Å². The van der Waals surface area contributed by atoms with Crippen LogP contribution >= 0.6 is 0 Å². The summed E-state index contributed by atoms with van der Waals surface area (Å²) >= 11 is 0. The Morgan fingerprint density at radius 2 is 2.16 bits per heavy atom. The average Bonchev–Trinajstić information content (AvgIpc) is 2.94. The van der Waals surface area contributed by atoms with Gasteiger partial charge in [0.05, 0.1) is 0 Å². The van der Waals surface area contributed by atoms with Gasteiger partial charge in [0.2, 0.25) is 0 Å². The molecule has 0 bridgehead atoms. The predicted molar refractivity (Wildman–Crippen MR) is 102 cm³/mol. The first kappa shape index (κ1) is 15.7. The van der Waals surface area contributed by atoms with Crippen molar-refractivity contribution in [1.29, 1.82) is 0 Å². The number of aromatic amines is 1. The molecule has 128 valence electrons. The summed E-state index contributed by atoms with van der Waals surface area (Å²) in [4.78, 5) is 7.77. The minimum atomic E-state index is 0.405. The average molecular weight is 334 g/mol. The number of allylic oxidation sites excluding steroid dienone is 2. The number of benzene rings is 1. The molecule has 6 nitrogen and oxygen atoms in total. The monoisotopic (exact) mass is 334 g/mol. The van der Waals surface area contributed by atoms with E-state index in [1.807, 2.05) is 12.3 Å². The minimum Gasteiger partial charge on any atom is -0.338 e. The van der Waals surface area contributed by atoms with Gasteiger partial charge in [-0.15, -0.1) is 10.2 Å². The van der Waals surface area contributed by atoms with Crippen LogP contribution in [0.3, 0.4) is 0 Å². The number of rotatable bonds is 3. The molecular formula is C19H22N6. The van der Waals surface area contributed by atoms with Crippen molar-refractivity contribution in [3.63, 3.8) is 0 Å². The Morgan fingerprint density at radius 3 is 3.00 bits per heavy atom. The lowest BCUT2D eigenvalue weighted by molar-refractivity contribution is 0.438. The molecule has 0 saturated heterocycles. The Bertz CT molecular complexity index is 984. The van der Waals surface area contributed by atoms with Gasteiger partial charge in [0.15, 0.2) is 5.65 Å². The third kappa shape index (κ3) is 3.12. The van der Waals surface area contributed by atoms with Crippen LogP contribution in [-0.4, -0.2) is 26.4 Å². The van der Waals surface area contributed by atoms with E-state index in [4.69, 9.17) is 0 Å². The van der Waals surface area contributed by atoms with Gasteiger partial charge in [-0.3, -0.25) is 0 Å². The lowest BCUT2D eigenvalue weighted by Gasteiger charge is -2.24. The van der Waals surface area contributed by atoms with Crippen LogP contribution in [0.1, 0.15) is 32.3 Å². The van der Waals surface area contributed by atoms with Gasteiger partial charge in [0.25, 0.3) is 5.95 Å². The van der Waals surface area contributed by atoms with Crippen LogP contribution in [0.25, 0.3) is 22.1 Å². The zero-order valence-corrected chi connectivity index (χ0v) is 14.7. The lowest BCUT2D eigenvalue weighted by atomic mass is 9.82. The fourth-order valence-electron chi connectivity index (χ4n) is 3.44. The van der Waals surface area contributed by atoms with Crippen molar-refractivity contribution in [2.24, 2.45) is 16.9 Å². The number of nitrogens with one attached hydrogen (secondary N) is 2. The van der Waals surface area contributed by atoms with Crippen molar-refractivity contribution in [1.82, 2.24) is 20.2 Å². The molecule has 2 unspecified atom stereocenters. The molecule has 0 saturated carbocycles.